The van der Waals surface area contributed by atoms with Crippen LogP contribution < -0.4 is 10.6 Å². The van der Waals surface area contributed by atoms with Crippen molar-refractivity contribution < 1.29 is 14.5 Å². The summed E-state index contributed by atoms with van der Waals surface area (Å²) in [5.41, 5.74) is 1.39. The predicted octanol–water partition coefficient (Wildman–Crippen LogP) is 4.65. The van der Waals surface area contributed by atoms with Gasteiger partial charge in [-0.3, -0.25) is 25.0 Å². The molecule has 0 aliphatic rings. The molecule has 0 aliphatic carbocycles. The number of nitro groups is 1. The third kappa shape index (κ3) is 6.12. The van der Waals surface area contributed by atoms with Crippen LogP contribution in [0.4, 0.5) is 11.4 Å². The number of nitro benzene ring substituents is 1. The van der Waals surface area contributed by atoms with Crippen LogP contribution in [0.1, 0.15) is 26.3 Å². The maximum atomic E-state index is 13.0. The van der Waals surface area contributed by atoms with Crippen LogP contribution in [0.15, 0.2) is 72.8 Å². The maximum Gasteiger partial charge on any atom is 0.288 e. The average molecular weight is 483 g/mol. The average Bonchev–Trinajstić information content (AvgIpc) is 2.79. The highest BCUT2D eigenvalue weighted by atomic mass is 35.5. The van der Waals surface area contributed by atoms with Crippen LogP contribution in [0, 0.1) is 10.1 Å². The summed E-state index contributed by atoms with van der Waals surface area (Å²) in [4.78, 5) is 37.4. The Labute approximate surface area is 200 Å². The summed E-state index contributed by atoms with van der Waals surface area (Å²) < 4.78 is 0. The number of thiocarbonyl (C=S) groups is 1. The Kier molecular flexibility index (Phi) is 7.70. The number of rotatable bonds is 6. The second kappa shape index (κ2) is 10.7. The van der Waals surface area contributed by atoms with Crippen molar-refractivity contribution in [3.05, 3.63) is 105 Å². The molecule has 0 unspecified atom stereocenters. The predicted molar refractivity (Wildman–Crippen MR) is 130 cm³/mol. The number of carbonyl (C=O) groups is 2. The van der Waals surface area contributed by atoms with Gasteiger partial charge in [0.2, 0.25) is 0 Å². The van der Waals surface area contributed by atoms with Crippen molar-refractivity contribution in [1.82, 2.24) is 10.2 Å². The van der Waals surface area contributed by atoms with E-state index in [1.54, 1.807) is 36.2 Å². The number of hydrogen-bond acceptors (Lipinski definition) is 5. The molecule has 33 heavy (non-hydrogen) atoms. The molecule has 0 aromatic heterocycles. The summed E-state index contributed by atoms with van der Waals surface area (Å²) in [7, 11) is 1.69. The van der Waals surface area contributed by atoms with Gasteiger partial charge >= 0.3 is 0 Å². The van der Waals surface area contributed by atoms with E-state index in [-0.39, 0.29) is 27.3 Å². The van der Waals surface area contributed by atoms with Gasteiger partial charge in [-0.1, -0.05) is 54.1 Å². The molecule has 0 spiro atoms. The second-order valence-electron chi connectivity index (χ2n) is 7.02. The van der Waals surface area contributed by atoms with Gasteiger partial charge in [-0.2, -0.15) is 0 Å². The Morgan fingerprint density at radius 1 is 1.06 bits per heavy atom. The first-order valence-electron chi connectivity index (χ1n) is 9.71. The number of nitrogens with zero attached hydrogens (tertiary/aromatic N) is 2. The molecule has 0 aliphatic heterocycles. The van der Waals surface area contributed by atoms with Crippen molar-refractivity contribution >= 4 is 52.1 Å². The van der Waals surface area contributed by atoms with Gasteiger partial charge in [0.25, 0.3) is 17.5 Å². The molecule has 0 fully saturated rings. The van der Waals surface area contributed by atoms with E-state index < -0.39 is 10.8 Å². The SMILES string of the molecule is CN(Cc1ccccc1)C(=O)c1ccccc1NC(=S)NC(=O)c1ccc(Cl)c([N+](=O)[O-])c1. The number of nitrogens with one attached hydrogen (secondary N) is 2. The van der Waals surface area contributed by atoms with Crippen molar-refractivity contribution in [3.8, 4) is 0 Å². The van der Waals surface area contributed by atoms with Crippen LogP contribution in [0.25, 0.3) is 0 Å². The zero-order valence-corrected chi connectivity index (χ0v) is 19.0. The monoisotopic (exact) mass is 482 g/mol. The molecule has 2 amide bonds. The van der Waals surface area contributed by atoms with E-state index in [4.69, 9.17) is 23.8 Å². The molecular formula is C23H19ClN4O4S. The first kappa shape index (κ1) is 23.8. The molecule has 3 rings (SSSR count). The fraction of sp³-hybridized carbons (Fsp3) is 0.0870. The molecular weight excluding hydrogens is 464 g/mol. The molecule has 0 atom stereocenters. The van der Waals surface area contributed by atoms with Gasteiger partial charge < -0.3 is 10.2 Å². The molecule has 168 valence electrons. The van der Waals surface area contributed by atoms with E-state index >= 15 is 0 Å². The molecule has 3 aromatic carbocycles. The minimum absolute atomic E-state index is 0.0159. The smallest absolute Gasteiger partial charge is 0.288 e. The normalized spacial score (nSPS) is 10.2. The highest BCUT2D eigenvalue weighted by Gasteiger charge is 2.19. The lowest BCUT2D eigenvalue weighted by atomic mass is 10.1. The Morgan fingerprint density at radius 2 is 1.73 bits per heavy atom. The summed E-state index contributed by atoms with van der Waals surface area (Å²) in [5.74, 6) is -0.887. The lowest BCUT2D eigenvalue weighted by molar-refractivity contribution is -0.384. The van der Waals surface area contributed by atoms with E-state index in [0.29, 0.717) is 17.8 Å². The van der Waals surface area contributed by atoms with Crippen LogP contribution in [-0.2, 0) is 6.54 Å². The molecule has 0 heterocycles. The number of anilines is 1. The molecule has 10 heteroatoms. The van der Waals surface area contributed by atoms with Gasteiger partial charge in [-0.15, -0.1) is 0 Å². The first-order chi connectivity index (χ1) is 15.8. The maximum absolute atomic E-state index is 13.0. The van der Waals surface area contributed by atoms with Crippen molar-refractivity contribution in [1.29, 1.82) is 0 Å². The Hall–Kier alpha value is -3.82. The quantitative estimate of drug-likeness (QED) is 0.301. The van der Waals surface area contributed by atoms with Crippen LogP contribution in [0.2, 0.25) is 5.02 Å². The zero-order chi connectivity index (χ0) is 24.0. The third-order valence-electron chi connectivity index (χ3n) is 4.65. The molecule has 0 saturated heterocycles. The fourth-order valence-corrected chi connectivity index (χ4v) is 3.43. The fourth-order valence-electron chi connectivity index (χ4n) is 3.04. The first-order valence-corrected chi connectivity index (χ1v) is 10.5. The minimum Gasteiger partial charge on any atom is -0.337 e. The largest absolute Gasteiger partial charge is 0.337 e. The second-order valence-corrected chi connectivity index (χ2v) is 7.84. The van der Waals surface area contributed by atoms with Gasteiger partial charge in [0.15, 0.2) is 5.11 Å². The molecule has 0 bridgehead atoms. The van der Waals surface area contributed by atoms with E-state index in [0.717, 1.165) is 11.6 Å². The molecule has 3 aromatic rings. The van der Waals surface area contributed by atoms with E-state index in [1.165, 1.54) is 12.1 Å². The van der Waals surface area contributed by atoms with Gasteiger partial charge in [-0.05, 0) is 42.0 Å². The van der Waals surface area contributed by atoms with E-state index in [9.17, 15) is 19.7 Å². The van der Waals surface area contributed by atoms with Crippen molar-refractivity contribution in [3.63, 3.8) is 0 Å². The minimum atomic E-state index is -0.677. The Balaban J connectivity index is 1.71. The summed E-state index contributed by atoms with van der Waals surface area (Å²) >= 11 is 11.0. The molecule has 2 N–H and O–H groups in total. The van der Waals surface area contributed by atoms with Gasteiger partial charge in [-0.25, -0.2) is 0 Å². The van der Waals surface area contributed by atoms with Gasteiger partial charge in [0.1, 0.15) is 5.02 Å². The van der Waals surface area contributed by atoms with Crippen LogP contribution in [0.5, 0.6) is 0 Å². The zero-order valence-electron chi connectivity index (χ0n) is 17.4. The van der Waals surface area contributed by atoms with Crippen LogP contribution in [0.3, 0.4) is 0 Å². The third-order valence-corrected chi connectivity index (χ3v) is 5.17. The van der Waals surface area contributed by atoms with Gasteiger partial charge in [0, 0.05) is 25.2 Å². The van der Waals surface area contributed by atoms with E-state index in [1.807, 2.05) is 30.3 Å². The number of benzene rings is 3. The number of carbonyl (C=O) groups excluding carboxylic acids is 2. The summed E-state index contributed by atoms with van der Waals surface area (Å²) in [6, 6.07) is 20.0. The standard InChI is InChI=1S/C23H19ClN4O4S/c1-27(14-15-7-3-2-4-8-15)22(30)17-9-5-6-10-19(17)25-23(33)26-21(29)16-11-12-18(24)20(13-16)28(31)32/h2-13H,14H2,1H3,(H2,25,26,29,33). The molecule has 8 nitrogen and oxygen atoms in total. The number of halogens is 1. The highest BCUT2D eigenvalue weighted by molar-refractivity contribution is 7.80. The van der Waals surface area contributed by atoms with Crippen molar-refractivity contribution in [2.45, 2.75) is 6.54 Å². The highest BCUT2D eigenvalue weighted by Crippen LogP contribution is 2.25. The topological polar surface area (TPSA) is 105 Å². The summed E-state index contributed by atoms with van der Waals surface area (Å²) in [6.45, 7) is 0.421. The number of hydrogen-bond donors (Lipinski definition) is 2. The van der Waals surface area contributed by atoms with Crippen molar-refractivity contribution in [2.24, 2.45) is 0 Å². The van der Waals surface area contributed by atoms with Crippen LogP contribution >= 0.6 is 23.8 Å². The number of amides is 2. The Morgan fingerprint density at radius 3 is 2.42 bits per heavy atom. The summed E-state index contributed by atoms with van der Waals surface area (Å²) in [5, 5.41) is 16.2. The Bertz CT molecular complexity index is 1220. The van der Waals surface area contributed by atoms with Gasteiger partial charge in [0.05, 0.1) is 16.2 Å². The lowest BCUT2D eigenvalue weighted by Crippen LogP contribution is -2.35. The molecule has 0 radical (unpaired) electrons. The summed E-state index contributed by atoms with van der Waals surface area (Å²) in [6.07, 6.45) is 0. The number of para-hydroxylation sites is 1. The molecule has 0 saturated carbocycles. The van der Waals surface area contributed by atoms with Crippen LogP contribution in [-0.4, -0.2) is 33.8 Å². The van der Waals surface area contributed by atoms with E-state index in [2.05, 4.69) is 10.6 Å². The lowest BCUT2D eigenvalue weighted by Gasteiger charge is -2.20. The van der Waals surface area contributed by atoms with Crippen molar-refractivity contribution in [2.75, 3.05) is 12.4 Å².